The van der Waals surface area contributed by atoms with E-state index in [-0.39, 0.29) is 6.61 Å². The summed E-state index contributed by atoms with van der Waals surface area (Å²) in [6.07, 6.45) is 0.861. The number of benzene rings is 1. The van der Waals surface area contributed by atoms with Gasteiger partial charge in [0.25, 0.3) is 0 Å². The van der Waals surface area contributed by atoms with Crippen molar-refractivity contribution in [3.05, 3.63) is 30.3 Å². The second kappa shape index (κ2) is 5.32. The van der Waals surface area contributed by atoms with Crippen molar-refractivity contribution in [3.63, 3.8) is 0 Å². The molecule has 1 unspecified atom stereocenters. The molecule has 2 rings (SSSR count). The molecule has 0 aromatic heterocycles. The highest BCUT2D eigenvalue weighted by Gasteiger charge is 2.23. The molecule has 16 heavy (non-hydrogen) atoms. The summed E-state index contributed by atoms with van der Waals surface area (Å²) in [7, 11) is 2.14. The van der Waals surface area contributed by atoms with Gasteiger partial charge in [0.15, 0.2) is 0 Å². The predicted molar refractivity (Wildman–Crippen MR) is 66.8 cm³/mol. The lowest BCUT2D eigenvalue weighted by Gasteiger charge is -2.40. The third kappa shape index (κ3) is 2.54. The van der Waals surface area contributed by atoms with E-state index in [1.54, 1.807) is 0 Å². The molecule has 3 nitrogen and oxygen atoms in total. The van der Waals surface area contributed by atoms with Crippen LogP contribution in [0.3, 0.4) is 0 Å². The molecule has 1 atom stereocenters. The fourth-order valence-electron chi connectivity index (χ4n) is 2.28. The Morgan fingerprint density at radius 3 is 2.69 bits per heavy atom. The summed E-state index contributed by atoms with van der Waals surface area (Å²) >= 11 is 0. The number of nitrogens with zero attached hydrogens (tertiary/aromatic N) is 2. The van der Waals surface area contributed by atoms with Crippen LogP contribution in [0.25, 0.3) is 0 Å². The molecule has 0 saturated carbocycles. The molecule has 0 aliphatic carbocycles. The van der Waals surface area contributed by atoms with Crippen LogP contribution in [-0.4, -0.2) is 49.3 Å². The number of hydrogen-bond donors (Lipinski definition) is 1. The first kappa shape index (κ1) is 11.4. The third-order valence-corrected chi connectivity index (χ3v) is 3.36. The molecule has 88 valence electrons. The molecular formula is C13H20N2O. The normalized spacial score (nSPS) is 22.4. The van der Waals surface area contributed by atoms with Gasteiger partial charge < -0.3 is 10.0 Å². The maximum absolute atomic E-state index is 9.05. The number of rotatable bonds is 3. The van der Waals surface area contributed by atoms with E-state index in [1.807, 2.05) is 6.07 Å². The van der Waals surface area contributed by atoms with Gasteiger partial charge in [-0.25, -0.2) is 0 Å². The Bertz CT molecular complexity index is 315. The summed E-state index contributed by atoms with van der Waals surface area (Å²) in [5, 5.41) is 9.05. The van der Waals surface area contributed by atoms with E-state index < -0.39 is 0 Å². The van der Waals surface area contributed by atoms with E-state index in [0.29, 0.717) is 6.04 Å². The van der Waals surface area contributed by atoms with Gasteiger partial charge in [0.2, 0.25) is 0 Å². The fourth-order valence-corrected chi connectivity index (χ4v) is 2.28. The first-order chi connectivity index (χ1) is 7.81. The Morgan fingerprint density at radius 1 is 1.25 bits per heavy atom. The largest absolute Gasteiger partial charge is 0.396 e. The first-order valence-corrected chi connectivity index (χ1v) is 5.92. The number of likely N-dealkylation sites (N-methyl/N-ethyl adjacent to an activating group) is 1. The van der Waals surface area contributed by atoms with Crippen molar-refractivity contribution in [2.24, 2.45) is 0 Å². The van der Waals surface area contributed by atoms with Gasteiger partial charge in [-0.05, 0) is 25.6 Å². The number of hydrogen-bond acceptors (Lipinski definition) is 3. The molecule has 1 aliphatic heterocycles. The zero-order valence-corrected chi connectivity index (χ0v) is 9.84. The Labute approximate surface area is 97.3 Å². The topological polar surface area (TPSA) is 26.7 Å². The molecule has 1 fully saturated rings. The number of aliphatic hydroxyl groups excluding tert-OH is 1. The molecule has 1 aliphatic rings. The van der Waals surface area contributed by atoms with Crippen LogP contribution < -0.4 is 4.90 Å². The minimum Gasteiger partial charge on any atom is -0.396 e. The van der Waals surface area contributed by atoms with Crippen LogP contribution in [-0.2, 0) is 0 Å². The molecule has 1 saturated heterocycles. The van der Waals surface area contributed by atoms with Gasteiger partial charge >= 0.3 is 0 Å². The summed E-state index contributed by atoms with van der Waals surface area (Å²) < 4.78 is 0. The number of aliphatic hydroxyl groups is 1. The highest BCUT2D eigenvalue weighted by atomic mass is 16.3. The Kier molecular flexibility index (Phi) is 3.80. The van der Waals surface area contributed by atoms with Gasteiger partial charge in [-0.3, -0.25) is 4.90 Å². The van der Waals surface area contributed by atoms with Crippen molar-refractivity contribution >= 4 is 5.69 Å². The van der Waals surface area contributed by atoms with Crippen molar-refractivity contribution in [2.45, 2.75) is 12.5 Å². The van der Waals surface area contributed by atoms with E-state index in [9.17, 15) is 0 Å². The SMILES string of the molecule is CN1CCN(c2ccccc2)CC1CCO. The smallest absolute Gasteiger partial charge is 0.0446 e. The van der Waals surface area contributed by atoms with Crippen LogP contribution in [0.4, 0.5) is 5.69 Å². The molecule has 0 bridgehead atoms. The van der Waals surface area contributed by atoms with Crippen LogP contribution in [0.15, 0.2) is 30.3 Å². The summed E-state index contributed by atoms with van der Waals surface area (Å²) in [5.41, 5.74) is 1.29. The first-order valence-electron chi connectivity index (χ1n) is 5.92. The number of anilines is 1. The van der Waals surface area contributed by atoms with Crippen molar-refractivity contribution in [1.82, 2.24) is 4.90 Å². The third-order valence-electron chi connectivity index (χ3n) is 3.36. The maximum atomic E-state index is 9.05. The molecule has 1 aromatic carbocycles. The van der Waals surface area contributed by atoms with Gasteiger partial charge in [0.05, 0.1) is 0 Å². The Morgan fingerprint density at radius 2 is 2.00 bits per heavy atom. The second-order valence-corrected chi connectivity index (χ2v) is 4.43. The molecular weight excluding hydrogens is 200 g/mol. The maximum Gasteiger partial charge on any atom is 0.0446 e. The fraction of sp³-hybridized carbons (Fsp3) is 0.538. The molecule has 1 aromatic rings. The van der Waals surface area contributed by atoms with Crippen molar-refractivity contribution in [3.8, 4) is 0 Å². The molecule has 1 heterocycles. The van der Waals surface area contributed by atoms with Gasteiger partial charge in [-0.15, -0.1) is 0 Å². The Balaban J connectivity index is 2.03. The molecule has 1 N–H and O–H groups in total. The van der Waals surface area contributed by atoms with Gasteiger partial charge in [0.1, 0.15) is 0 Å². The summed E-state index contributed by atoms with van der Waals surface area (Å²) in [4.78, 5) is 4.75. The summed E-state index contributed by atoms with van der Waals surface area (Å²) in [6, 6.07) is 11.0. The van der Waals surface area contributed by atoms with Crippen LogP contribution in [0.2, 0.25) is 0 Å². The minimum absolute atomic E-state index is 0.275. The van der Waals surface area contributed by atoms with Gasteiger partial charge in [-0.2, -0.15) is 0 Å². The average Bonchev–Trinajstić information content (AvgIpc) is 2.33. The number of para-hydroxylation sites is 1. The average molecular weight is 220 g/mol. The van der Waals surface area contributed by atoms with Gasteiger partial charge in [-0.1, -0.05) is 18.2 Å². The lowest BCUT2D eigenvalue weighted by molar-refractivity contribution is 0.171. The lowest BCUT2D eigenvalue weighted by atomic mass is 10.1. The molecule has 0 spiro atoms. The number of piperazine rings is 1. The zero-order valence-electron chi connectivity index (χ0n) is 9.84. The van der Waals surface area contributed by atoms with E-state index >= 15 is 0 Å². The zero-order chi connectivity index (χ0) is 11.4. The van der Waals surface area contributed by atoms with E-state index in [1.165, 1.54) is 5.69 Å². The molecule has 0 radical (unpaired) electrons. The van der Waals surface area contributed by atoms with E-state index in [4.69, 9.17) is 5.11 Å². The predicted octanol–water partition coefficient (Wildman–Crippen LogP) is 1.19. The van der Waals surface area contributed by atoms with Crippen LogP contribution in [0.5, 0.6) is 0 Å². The highest BCUT2D eigenvalue weighted by Crippen LogP contribution is 2.18. The van der Waals surface area contributed by atoms with Gasteiger partial charge in [0, 0.05) is 38.0 Å². The second-order valence-electron chi connectivity index (χ2n) is 4.43. The lowest BCUT2D eigenvalue weighted by Crippen LogP contribution is -2.51. The summed E-state index contributed by atoms with van der Waals surface area (Å²) in [6.45, 7) is 3.43. The minimum atomic E-state index is 0.275. The van der Waals surface area contributed by atoms with Crippen LogP contribution in [0.1, 0.15) is 6.42 Å². The van der Waals surface area contributed by atoms with Crippen molar-refractivity contribution in [2.75, 3.05) is 38.2 Å². The molecule has 0 amide bonds. The highest BCUT2D eigenvalue weighted by molar-refractivity contribution is 5.46. The van der Waals surface area contributed by atoms with E-state index in [0.717, 1.165) is 26.1 Å². The van der Waals surface area contributed by atoms with Crippen molar-refractivity contribution in [1.29, 1.82) is 0 Å². The van der Waals surface area contributed by atoms with Crippen LogP contribution >= 0.6 is 0 Å². The summed E-state index contributed by atoms with van der Waals surface area (Å²) in [5.74, 6) is 0. The Hall–Kier alpha value is -1.06. The van der Waals surface area contributed by atoms with Crippen LogP contribution in [0, 0.1) is 0 Å². The standard InChI is InChI=1S/C13H20N2O/c1-14-8-9-15(11-13(14)7-10-16)12-5-3-2-4-6-12/h2-6,13,16H,7-11H2,1H3. The van der Waals surface area contributed by atoms with E-state index in [2.05, 4.69) is 41.1 Å². The quantitative estimate of drug-likeness (QED) is 0.829. The van der Waals surface area contributed by atoms with Crippen molar-refractivity contribution < 1.29 is 5.11 Å². The molecule has 3 heteroatoms. The monoisotopic (exact) mass is 220 g/mol.